The molecule has 1 heterocycles. The number of methoxy groups -OCH3 is 1. The number of carbonyl (C=O) groups excluding carboxylic acids is 6. The molecule has 1 N–H and O–H groups in total. The van der Waals surface area contributed by atoms with Crippen LogP contribution in [-0.4, -0.2) is 85.7 Å². The van der Waals surface area contributed by atoms with Crippen molar-refractivity contribution in [3.05, 3.63) is 30.3 Å². The van der Waals surface area contributed by atoms with Gasteiger partial charge in [-0.2, -0.15) is 0 Å². The third-order valence-electron chi connectivity index (χ3n) is 5.52. The van der Waals surface area contributed by atoms with Gasteiger partial charge in [0.05, 0.1) is 19.6 Å². The van der Waals surface area contributed by atoms with Gasteiger partial charge in [0.1, 0.15) is 24.6 Å². The van der Waals surface area contributed by atoms with Crippen LogP contribution in [0.2, 0.25) is 0 Å². The summed E-state index contributed by atoms with van der Waals surface area (Å²) in [5, 5.41) is 2.58. The number of ether oxygens (including phenoxy) is 7. The van der Waals surface area contributed by atoms with Gasteiger partial charge in [0.25, 0.3) is 0 Å². The summed E-state index contributed by atoms with van der Waals surface area (Å²) in [6.07, 6.45) is -6.49. The zero-order valence-electron chi connectivity index (χ0n) is 23.0. The lowest BCUT2D eigenvalue weighted by Crippen LogP contribution is -2.70. The normalized spacial score (nSPS) is 23.4. The molecule has 0 saturated carbocycles. The Hall–Kier alpha value is -4.20. The van der Waals surface area contributed by atoms with Crippen molar-refractivity contribution in [2.45, 2.75) is 77.3 Å². The molecule has 6 atom stereocenters. The van der Waals surface area contributed by atoms with Crippen LogP contribution in [0.25, 0.3) is 0 Å². The molecule has 2 rings (SSSR count). The van der Waals surface area contributed by atoms with Gasteiger partial charge in [-0.25, -0.2) is 4.79 Å². The number of para-hydroxylation sites is 1. The smallest absolute Gasteiger partial charge is 0.379 e. The fourth-order valence-corrected chi connectivity index (χ4v) is 4.18. The van der Waals surface area contributed by atoms with E-state index in [9.17, 15) is 28.8 Å². The van der Waals surface area contributed by atoms with Crippen LogP contribution in [0.15, 0.2) is 30.3 Å². The van der Waals surface area contributed by atoms with Gasteiger partial charge in [0.2, 0.25) is 5.91 Å². The standard InChI is InChI=1S/C26H33NO13/c1-14(28)27-22-20(36-16(3)30)12-26(25(33)34-6,39-19-10-8-7-9-11-19)40-24(22)23(38-18(5)32)21(37-17(4)31)13-35-15(2)29/h7-11,20-24H,12-13H2,1-6H3,(H,27,28)/t20?,21-,22?,23-,24?,26?/m1/s1. The van der Waals surface area contributed by atoms with E-state index in [1.54, 1.807) is 18.2 Å². The topological polar surface area (TPSA) is 179 Å². The highest BCUT2D eigenvalue weighted by Gasteiger charge is 2.60. The lowest BCUT2D eigenvalue weighted by molar-refractivity contribution is -0.289. The molecule has 1 amide bonds. The van der Waals surface area contributed by atoms with Crippen molar-refractivity contribution in [2.24, 2.45) is 0 Å². The number of amides is 1. The molecule has 40 heavy (non-hydrogen) atoms. The molecular weight excluding hydrogens is 534 g/mol. The number of carbonyl (C=O) groups is 6. The highest BCUT2D eigenvalue weighted by molar-refractivity contribution is 5.79. The van der Waals surface area contributed by atoms with Crippen molar-refractivity contribution >= 4 is 35.8 Å². The maximum absolute atomic E-state index is 13.2. The Balaban J connectivity index is 2.76. The van der Waals surface area contributed by atoms with Crippen molar-refractivity contribution < 1.29 is 61.9 Å². The fraction of sp³-hybridized carbons (Fsp3) is 0.538. The van der Waals surface area contributed by atoms with E-state index in [4.69, 9.17) is 33.2 Å². The predicted octanol–water partition coefficient (Wildman–Crippen LogP) is 0.587. The van der Waals surface area contributed by atoms with E-state index in [0.29, 0.717) is 0 Å². The Morgan fingerprint density at radius 2 is 1.55 bits per heavy atom. The van der Waals surface area contributed by atoms with Crippen molar-refractivity contribution in [3.8, 4) is 5.75 Å². The molecule has 4 unspecified atom stereocenters. The molecule has 14 heteroatoms. The molecule has 1 saturated heterocycles. The summed E-state index contributed by atoms with van der Waals surface area (Å²) in [6, 6.07) is 6.72. The maximum atomic E-state index is 13.2. The number of esters is 5. The van der Waals surface area contributed by atoms with Crippen LogP contribution in [0.3, 0.4) is 0 Å². The number of rotatable bonds is 11. The monoisotopic (exact) mass is 567 g/mol. The highest BCUT2D eigenvalue weighted by Crippen LogP contribution is 2.37. The first-order chi connectivity index (χ1) is 18.8. The summed E-state index contributed by atoms with van der Waals surface area (Å²) in [4.78, 5) is 73.4. The second kappa shape index (κ2) is 14.3. The largest absolute Gasteiger partial charge is 0.464 e. The van der Waals surface area contributed by atoms with Crippen molar-refractivity contribution in [3.63, 3.8) is 0 Å². The van der Waals surface area contributed by atoms with Crippen LogP contribution in [0, 0.1) is 0 Å². The summed E-state index contributed by atoms with van der Waals surface area (Å²) in [7, 11) is 1.07. The average Bonchev–Trinajstić information content (AvgIpc) is 2.85. The molecule has 1 aliphatic heterocycles. The van der Waals surface area contributed by atoms with E-state index < -0.39 is 85.0 Å². The van der Waals surface area contributed by atoms with Crippen LogP contribution in [0.5, 0.6) is 5.75 Å². The van der Waals surface area contributed by atoms with Crippen LogP contribution in [-0.2, 0) is 57.2 Å². The van der Waals surface area contributed by atoms with Gasteiger partial charge in [-0.1, -0.05) is 18.2 Å². The van der Waals surface area contributed by atoms with Crippen LogP contribution >= 0.6 is 0 Å². The summed E-state index contributed by atoms with van der Waals surface area (Å²) in [5.74, 6) is -7.03. The van der Waals surface area contributed by atoms with E-state index in [1.807, 2.05) is 0 Å². The minimum Gasteiger partial charge on any atom is -0.464 e. The number of hydrogen-bond donors (Lipinski definition) is 1. The minimum atomic E-state index is -2.31. The van der Waals surface area contributed by atoms with E-state index in [2.05, 4.69) is 5.32 Å². The molecule has 1 fully saturated rings. The van der Waals surface area contributed by atoms with Crippen molar-refractivity contribution in [2.75, 3.05) is 13.7 Å². The van der Waals surface area contributed by atoms with Gasteiger partial charge in [-0.3, -0.25) is 24.0 Å². The lowest BCUT2D eigenvalue weighted by Gasteiger charge is -2.48. The zero-order chi connectivity index (χ0) is 30.0. The van der Waals surface area contributed by atoms with Gasteiger partial charge in [-0.05, 0) is 12.1 Å². The van der Waals surface area contributed by atoms with E-state index in [-0.39, 0.29) is 5.75 Å². The lowest BCUT2D eigenvalue weighted by atomic mass is 9.88. The van der Waals surface area contributed by atoms with E-state index >= 15 is 0 Å². The first-order valence-corrected chi connectivity index (χ1v) is 12.2. The van der Waals surface area contributed by atoms with Crippen molar-refractivity contribution in [1.29, 1.82) is 0 Å². The Labute approximate surface area is 230 Å². The van der Waals surface area contributed by atoms with E-state index in [1.165, 1.54) is 19.1 Å². The van der Waals surface area contributed by atoms with Crippen LogP contribution in [0.1, 0.15) is 41.0 Å². The molecule has 0 spiro atoms. The molecule has 1 aromatic rings. The van der Waals surface area contributed by atoms with Gasteiger partial charge in [0.15, 0.2) is 12.2 Å². The van der Waals surface area contributed by atoms with Crippen LogP contribution in [0.4, 0.5) is 0 Å². The van der Waals surface area contributed by atoms with Gasteiger partial charge in [0, 0.05) is 34.6 Å². The second-order valence-electron chi connectivity index (χ2n) is 8.84. The Kier molecular flexibility index (Phi) is 11.4. The van der Waals surface area contributed by atoms with Crippen LogP contribution < -0.4 is 10.1 Å². The molecule has 0 aromatic heterocycles. The number of hydrogen-bond acceptors (Lipinski definition) is 13. The van der Waals surface area contributed by atoms with Gasteiger partial charge in [-0.15, -0.1) is 0 Å². The Morgan fingerprint density at radius 3 is 2.05 bits per heavy atom. The SMILES string of the molecule is COC(=O)C1(Oc2ccccc2)CC(OC(C)=O)C(NC(C)=O)C([C@H](OC(C)=O)[C@@H](COC(C)=O)OC(C)=O)O1. The summed E-state index contributed by atoms with van der Waals surface area (Å²) < 4.78 is 38.4. The molecule has 220 valence electrons. The third kappa shape index (κ3) is 8.93. The Morgan fingerprint density at radius 1 is 0.925 bits per heavy atom. The zero-order valence-corrected chi connectivity index (χ0v) is 23.0. The summed E-state index contributed by atoms with van der Waals surface area (Å²) >= 11 is 0. The molecule has 0 radical (unpaired) electrons. The highest BCUT2D eigenvalue weighted by atomic mass is 16.7. The average molecular weight is 568 g/mol. The predicted molar refractivity (Wildman–Crippen MR) is 132 cm³/mol. The Bertz CT molecular complexity index is 1090. The minimum absolute atomic E-state index is 0.159. The first kappa shape index (κ1) is 32.0. The van der Waals surface area contributed by atoms with E-state index in [0.717, 1.165) is 34.8 Å². The first-order valence-electron chi connectivity index (χ1n) is 12.2. The number of benzene rings is 1. The summed E-state index contributed by atoms with van der Waals surface area (Å²) in [5.41, 5.74) is 0. The quantitative estimate of drug-likeness (QED) is 0.290. The van der Waals surface area contributed by atoms with Gasteiger partial charge < -0.3 is 38.5 Å². The summed E-state index contributed by atoms with van der Waals surface area (Å²) in [6.45, 7) is 4.92. The molecule has 0 bridgehead atoms. The van der Waals surface area contributed by atoms with Crippen molar-refractivity contribution in [1.82, 2.24) is 5.32 Å². The molecule has 1 aliphatic rings. The maximum Gasteiger partial charge on any atom is 0.379 e. The molecule has 14 nitrogen and oxygen atoms in total. The molecular formula is C26H33NO13. The number of nitrogens with one attached hydrogen (secondary N) is 1. The second-order valence-corrected chi connectivity index (χ2v) is 8.84. The molecule has 0 aliphatic carbocycles. The third-order valence-corrected chi connectivity index (χ3v) is 5.52. The molecule has 1 aromatic carbocycles. The van der Waals surface area contributed by atoms with Gasteiger partial charge >= 0.3 is 35.6 Å². The fourth-order valence-electron chi connectivity index (χ4n) is 4.18.